The highest BCUT2D eigenvalue weighted by molar-refractivity contribution is 6.00. The molecule has 0 aromatic heterocycles. The summed E-state index contributed by atoms with van der Waals surface area (Å²) in [6, 6.07) is 61.2. The van der Waals surface area contributed by atoms with Crippen molar-refractivity contribution in [2.75, 3.05) is 4.90 Å². The lowest BCUT2D eigenvalue weighted by molar-refractivity contribution is 0.632. The van der Waals surface area contributed by atoms with Gasteiger partial charge in [-0.1, -0.05) is 155 Å². The van der Waals surface area contributed by atoms with Gasteiger partial charge in [-0.05, 0) is 114 Å². The van der Waals surface area contributed by atoms with Gasteiger partial charge in [0.25, 0.3) is 0 Å². The Morgan fingerprint density at radius 3 is 1.43 bits per heavy atom. The zero-order chi connectivity index (χ0) is 34.5. The van der Waals surface area contributed by atoms with Gasteiger partial charge in [-0.2, -0.15) is 0 Å². The van der Waals surface area contributed by atoms with Crippen LogP contribution >= 0.6 is 0 Å². The first kappa shape index (κ1) is 29.9. The van der Waals surface area contributed by atoms with E-state index in [0.29, 0.717) is 0 Å². The Morgan fingerprint density at radius 1 is 0.353 bits per heavy atom. The summed E-state index contributed by atoms with van der Waals surface area (Å²) in [4.78, 5) is 2.52. The molecule has 0 unspecified atom stereocenters. The second-order valence-electron chi connectivity index (χ2n) is 15.4. The maximum atomic E-state index is 2.52. The third-order valence-electron chi connectivity index (χ3n) is 11.8. The minimum absolute atomic E-state index is 0.0842. The van der Waals surface area contributed by atoms with Gasteiger partial charge < -0.3 is 4.90 Å². The van der Waals surface area contributed by atoms with E-state index in [1.165, 1.54) is 94.2 Å². The molecule has 1 heteroatoms. The monoisotopic (exact) mass is 653 g/mol. The smallest absolute Gasteiger partial charge is 0.0503 e. The lowest BCUT2D eigenvalue weighted by Gasteiger charge is -2.43. The third kappa shape index (κ3) is 4.34. The van der Waals surface area contributed by atoms with E-state index in [0.717, 1.165) is 0 Å². The minimum Gasteiger partial charge on any atom is -0.310 e. The van der Waals surface area contributed by atoms with Crippen LogP contribution < -0.4 is 4.90 Å². The second-order valence-corrected chi connectivity index (χ2v) is 15.4. The molecule has 0 radical (unpaired) electrons. The molecule has 0 saturated heterocycles. The summed E-state index contributed by atoms with van der Waals surface area (Å²) in [5, 5.41) is 5.09. The quantitative estimate of drug-likeness (QED) is 0.183. The van der Waals surface area contributed by atoms with E-state index in [1.54, 1.807) is 0 Å². The summed E-state index contributed by atoms with van der Waals surface area (Å²) in [7, 11) is 0. The first-order valence-corrected chi connectivity index (χ1v) is 18.1. The molecule has 0 spiro atoms. The summed E-state index contributed by atoms with van der Waals surface area (Å²) >= 11 is 0. The largest absolute Gasteiger partial charge is 0.310 e. The van der Waals surface area contributed by atoms with Crippen LogP contribution in [0.25, 0.3) is 54.9 Å². The summed E-state index contributed by atoms with van der Waals surface area (Å²) in [6.45, 7) is 9.56. The van der Waals surface area contributed by atoms with Crippen molar-refractivity contribution in [3.8, 4) is 33.4 Å². The van der Waals surface area contributed by atoms with E-state index in [4.69, 9.17) is 0 Å². The van der Waals surface area contributed by atoms with Crippen LogP contribution in [0.1, 0.15) is 49.9 Å². The number of nitrogens with zero attached hydrogens (tertiary/aromatic N) is 1. The van der Waals surface area contributed by atoms with Gasteiger partial charge in [-0.15, -0.1) is 0 Å². The fourth-order valence-corrected chi connectivity index (χ4v) is 9.14. The van der Waals surface area contributed by atoms with Crippen molar-refractivity contribution < 1.29 is 0 Å². The van der Waals surface area contributed by atoms with Crippen molar-refractivity contribution >= 4 is 38.6 Å². The zero-order valence-electron chi connectivity index (χ0n) is 29.5. The summed E-state index contributed by atoms with van der Waals surface area (Å²) in [5.74, 6) is 0. The van der Waals surface area contributed by atoms with Crippen LogP contribution in [-0.4, -0.2) is 0 Å². The van der Waals surface area contributed by atoms with Gasteiger partial charge in [0.05, 0.1) is 11.4 Å². The van der Waals surface area contributed by atoms with Crippen molar-refractivity contribution in [3.63, 3.8) is 0 Å². The van der Waals surface area contributed by atoms with E-state index in [2.05, 4.69) is 196 Å². The maximum Gasteiger partial charge on any atom is 0.0503 e. The molecule has 10 rings (SSSR count). The first-order valence-electron chi connectivity index (χ1n) is 18.1. The fraction of sp³-hybridized carbons (Fsp3) is 0.120. The maximum absolute atomic E-state index is 2.52. The molecular weight excluding hydrogens is 615 g/mol. The van der Waals surface area contributed by atoms with Crippen LogP contribution in [0.15, 0.2) is 164 Å². The predicted octanol–water partition coefficient (Wildman–Crippen LogP) is 13.7. The summed E-state index contributed by atoms with van der Waals surface area (Å²) in [6.07, 6.45) is 0. The van der Waals surface area contributed by atoms with Gasteiger partial charge in [0.2, 0.25) is 0 Å². The number of benzene rings is 8. The number of anilines is 3. The molecule has 1 aliphatic heterocycles. The summed E-state index contributed by atoms with van der Waals surface area (Å²) in [5.41, 5.74) is 16.5. The topological polar surface area (TPSA) is 3.24 Å². The predicted molar refractivity (Wildman–Crippen MR) is 217 cm³/mol. The third-order valence-corrected chi connectivity index (χ3v) is 11.8. The average molecular weight is 654 g/mol. The Morgan fingerprint density at radius 2 is 0.824 bits per heavy atom. The van der Waals surface area contributed by atoms with Crippen LogP contribution in [0.4, 0.5) is 17.1 Å². The van der Waals surface area contributed by atoms with Gasteiger partial charge in [0.15, 0.2) is 0 Å². The Bertz CT molecular complexity index is 2570. The van der Waals surface area contributed by atoms with Crippen LogP contribution in [0.5, 0.6) is 0 Å². The molecular formula is C50H39N. The van der Waals surface area contributed by atoms with Crippen molar-refractivity contribution in [1.82, 2.24) is 0 Å². The van der Waals surface area contributed by atoms with Crippen LogP contribution in [0.3, 0.4) is 0 Å². The van der Waals surface area contributed by atoms with E-state index < -0.39 is 0 Å². The number of hydrogen-bond acceptors (Lipinski definition) is 1. The Kier molecular flexibility index (Phi) is 6.34. The van der Waals surface area contributed by atoms with Gasteiger partial charge in [0.1, 0.15) is 0 Å². The average Bonchev–Trinajstić information content (AvgIpc) is 3.40. The van der Waals surface area contributed by atoms with Gasteiger partial charge >= 0.3 is 0 Å². The van der Waals surface area contributed by atoms with E-state index in [1.807, 2.05) is 0 Å². The molecule has 244 valence electrons. The van der Waals surface area contributed by atoms with Gasteiger partial charge in [-0.3, -0.25) is 0 Å². The standard InChI is InChI=1S/C50H39N/c1-49(2)43-22-10-9-19-41(43)42-26-25-36(31-44(42)49)51-47-27-23-34(39-20-11-15-32-13-5-7-17-37(32)39)29-45(47)50(3,4)46-30-35(24-28-48(46)51)40-21-12-16-33-14-6-8-18-38(33)40/h5-31H,1-4H3. The highest BCUT2D eigenvalue weighted by Gasteiger charge is 2.40. The lowest BCUT2D eigenvalue weighted by Crippen LogP contribution is -2.31. The number of rotatable bonds is 3. The van der Waals surface area contributed by atoms with Crippen LogP contribution in [0.2, 0.25) is 0 Å². The Balaban J connectivity index is 1.21. The fourth-order valence-electron chi connectivity index (χ4n) is 9.14. The highest BCUT2D eigenvalue weighted by atomic mass is 15.2. The number of fused-ring (bicyclic) bond motifs is 7. The summed E-state index contributed by atoms with van der Waals surface area (Å²) < 4.78 is 0. The molecule has 0 N–H and O–H groups in total. The molecule has 8 aromatic rings. The van der Waals surface area contributed by atoms with Crippen LogP contribution in [0, 0.1) is 0 Å². The molecule has 2 aliphatic rings. The van der Waals surface area contributed by atoms with E-state index in [-0.39, 0.29) is 10.8 Å². The Hall–Kier alpha value is -5.92. The molecule has 1 aliphatic carbocycles. The Labute approximate surface area is 300 Å². The second kappa shape index (κ2) is 10.8. The normalized spacial score (nSPS) is 14.9. The molecule has 1 nitrogen and oxygen atoms in total. The molecule has 0 atom stereocenters. The van der Waals surface area contributed by atoms with Crippen molar-refractivity contribution in [2.24, 2.45) is 0 Å². The molecule has 8 aromatic carbocycles. The SMILES string of the molecule is CC1(C)c2ccccc2-c2ccc(N3c4ccc(-c5cccc6ccccc56)cc4C(C)(C)c4cc(-c5cccc6ccccc56)ccc43)cc21. The zero-order valence-corrected chi connectivity index (χ0v) is 29.5. The molecule has 1 heterocycles. The van der Waals surface area contributed by atoms with Crippen molar-refractivity contribution in [3.05, 3.63) is 186 Å². The first-order chi connectivity index (χ1) is 24.8. The van der Waals surface area contributed by atoms with Gasteiger partial charge in [0, 0.05) is 16.5 Å². The minimum atomic E-state index is -0.255. The lowest BCUT2D eigenvalue weighted by atomic mass is 9.72. The number of hydrogen-bond donors (Lipinski definition) is 0. The highest BCUT2D eigenvalue weighted by Crippen LogP contribution is 2.56. The molecule has 0 bridgehead atoms. The molecule has 0 amide bonds. The molecule has 0 saturated carbocycles. The van der Waals surface area contributed by atoms with Crippen molar-refractivity contribution in [2.45, 2.75) is 38.5 Å². The van der Waals surface area contributed by atoms with Crippen LogP contribution in [-0.2, 0) is 10.8 Å². The van der Waals surface area contributed by atoms with E-state index >= 15 is 0 Å². The van der Waals surface area contributed by atoms with Crippen molar-refractivity contribution in [1.29, 1.82) is 0 Å². The van der Waals surface area contributed by atoms with E-state index in [9.17, 15) is 0 Å². The molecule has 0 fully saturated rings. The van der Waals surface area contributed by atoms with Gasteiger partial charge in [-0.25, -0.2) is 0 Å². The molecule has 51 heavy (non-hydrogen) atoms.